The number of carbonyl (C=O) groups is 1. The number of ether oxygens (including phenoxy) is 1. The van der Waals surface area contributed by atoms with Gasteiger partial charge in [0.15, 0.2) is 5.43 Å². The van der Waals surface area contributed by atoms with E-state index in [1.807, 2.05) is 13.0 Å². The Balaban J connectivity index is 1.54. The highest BCUT2D eigenvalue weighted by atomic mass is 19.1. The Kier molecular flexibility index (Phi) is 5.53. The van der Waals surface area contributed by atoms with Crippen molar-refractivity contribution in [2.75, 3.05) is 39.4 Å². The maximum atomic E-state index is 14.1. The number of benzene rings is 2. The molecule has 5 rings (SSSR count). The second-order valence-corrected chi connectivity index (χ2v) is 8.44. The third-order valence-corrected chi connectivity index (χ3v) is 6.26. The van der Waals surface area contributed by atoms with Crippen LogP contribution in [0.1, 0.15) is 39.7 Å². The van der Waals surface area contributed by atoms with Gasteiger partial charge < -0.3 is 14.1 Å². The maximum Gasteiger partial charge on any atom is 0.290 e. The summed E-state index contributed by atoms with van der Waals surface area (Å²) in [4.78, 5) is 30.8. The zero-order valence-corrected chi connectivity index (χ0v) is 18.0. The molecular weight excluding hydrogens is 411 g/mol. The van der Waals surface area contributed by atoms with Crippen molar-refractivity contribution in [2.45, 2.75) is 19.4 Å². The molecule has 1 saturated heterocycles. The standard InChI is InChI=1S/C25H25FN2O4/c1-16-6-7-20-19(14-16)23(29)21-22(17-4-2-5-18(26)15-17)28(25(30)24(21)32-20)9-3-8-27-10-12-31-13-11-27/h2,4-7,14-15,22H,3,8-13H2,1H3/t22-/m1/s1. The van der Waals surface area contributed by atoms with Crippen molar-refractivity contribution in [3.8, 4) is 0 Å². The van der Waals surface area contributed by atoms with Gasteiger partial charge >= 0.3 is 0 Å². The second-order valence-electron chi connectivity index (χ2n) is 8.44. The predicted octanol–water partition coefficient (Wildman–Crippen LogP) is 3.51. The lowest BCUT2D eigenvalue weighted by Gasteiger charge is -2.29. The number of nitrogens with zero attached hydrogens (tertiary/aromatic N) is 2. The van der Waals surface area contributed by atoms with E-state index >= 15 is 0 Å². The SMILES string of the molecule is Cc1ccc2oc3c(c(=O)c2c1)[C@@H](c1cccc(F)c1)N(CCCN1CCOCC1)C3=O. The van der Waals surface area contributed by atoms with E-state index in [-0.39, 0.29) is 17.1 Å². The molecule has 32 heavy (non-hydrogen) atoms. The van der Waals surface area contributed by atoms with Gasteiger partial charge in [-0.2, -0.15) is 0 Å². The molecule has 1 amide bonds. The summed E-state index contributed by atoms with van der Waals surface area (Å²) < 4.78 is 25.4. The summed E-state index contributed by atoms with van der Waals surface area (Å²) >= 11 is 0. The van der Waals surface area contributed by atoms with Crippen molar-refractivity contribution in [1.29, 1.82) is 0 Å². The largest absolute Gasteiger partial charge is 0.450 e. The number of aryl methyl sites for hydroxylation is 1. The van der Waals surface area contributed by atoms with E-state index in [1.54, 1.807) is 29.2 Å². The first-order valence-corrected chi connectivity index (χ1v) is 11.0. The first-order chi connectivity index (χ1) is 15.5. The van der Waals surface area contributed by atoms with Gasteiger partial charge in [-0.15, -0.1) is 0 Å². The molecule has 0 radical (unpaired) electrons. The summed E-state index contributed by atoms with van der Waals surface area (Å²) in [5.41, 5.74) is 1.95. The number of halogens is 1. The molecule has 1 atom stereocenters. The molecule has 7 heteroatoms. The Morgan fingerprint density at radius 1 is 1.06 bits per heavy atom. The summed E-state index contributed by atoms with van der Waals surface area (Å²) in [6.07, 6.45) is 0.734. The average molecular weight is 436 g/mol. The van der Waals surface area contributed by atoms with Crippen LogP contribution in [-0.4, -0.2) is 55.1 Å². The molecular formula is C25H25FN2O4. The van der Waals surface area contributed by atoms with Crippen LogP contribution in [0.25, 0.3) is 11.0 Å². The van der Waals surface area contributed by atoms with E-state index in [4.69, 9.17) is 9.15 Å². The minimum absolute atomic E-state index is 0.0620. The zero-order valence-electron chi connectivity index (χ0n) is 18.0. The molecule has 1 aromatic heterocycles. The van der Waals surface area contributed by atoms with Gasteiger partial charge in [-0.3, -0.25) is 14.5 Å². The van der Waals surface area contributed by atoms with Crippen molar-refractivity contribution in [2.24, 2.45) is 0 Å². The highest BCUT2D eigenvalue weighted by molar-refractivity contribution is 5.99. The molecule has 3 aromatic rings. The van der Waals surface area contributed by atoms with E-state index in [9.17, 15) is 14.0 Å². The summed E-state index contributed by atoms with van der Waals surface area (Å²) in [6, 6.07) is 10.8. The van der Waals surface area contributed by atoms with Crippen LogP contribution in [-0.2, 0) is 4.74 Å². The molecule has 0 spiro atoms. The van der Waals surface area contributed by atoms with Crippen LogP contribution in [0.3, 0.4) is 0 Å². The molecule has 2 aromatic carbocycles. The van der Waals surface area contributed by atoms with Crippen molar-refractivity contribution >= 4 is 16.9 Å². The van der Waals surface area contributed by atoms with Crippen LogP contribution < -0.4 is 5.43 Å². The highest BCUT2D eigenvalue weighted by Crippen LogP contribution is 2.38. The molecule has 2 aliphatic heterocycles. The molecule has 0 bridgehead atoms. The van der Waals surface area contributed by atoms with E-state index in [1.165, 1.54) is 12.1 Å². The van der Waals surface area contributed by atoms with Gasteiger partial charge in [-0.1, -0.05) is 23.8 Å². The number of rotatable bonds is 5. The Labute approximate surface area is 185 Å². The van der Waals surface area contributed by atoms with E-state index in [2.05, 4.69) is 4.90 Å². The summed E-state index contributed by atoms with van der Waals surface area (Å²) in [5, 5.41) is 0.438. The van der Waals surface area contributed by atoms with Crippen LogP contribution in [0.5, 0.6) is 0 Å². The zero-order chi connectivity index (χ0) is 22.2. The van der Waals surface area contributed by atoms with Crippen LogP contribution >= 0.6 is 0 Å². The molecule has 166 valence electrons. The lowest BCUT2D eigenvalue weighted by Crippen LogP contribution is -2.38. The topological polar surface area (TPSA) is 63.0 Å². The number of morpholine rings is 1. The third-order valence-electron chi connectivity index (χ3n) is 6.26. The molecule has 0 N–H and O–H groups in total. The lowest BCUT2D eigenvalue weighted by molar-refractivity contribution is 0.0353. The van der Waals surface area contributed by atoms with Crippen molar-refractivity contribution in [1.82, 2.24) is 9.80 Å². The number of carbonyl (C=O) groups excluding carboxylic acids is 1. The van der Waals surface area contributed by atoms with Gasteiger partial charge in [-0.25, -0.2) is 4.39 Å². The van der Waals surface area contributed by atoms with Crippen molar-refractivity contribution in [3.05, 3.63) is 81.0 Å². The van der Waals surface area contributed by atoms with Crippen LogP contribution in [0.15, 0.2) is 51.7 Å². The van der Waals surface area contributed by atoms with E-state index < -0.39 is 11.9 Å². The average Bonchev–Trinajstić information content (AvgIpc) is 3.07. The molecule has 0 aliphatic carbocycles. The Hall–Kier alpha value is -3.03. The smallest absolute Gasteiger partial charge is 0.290 e. The van der Waals surface area contributed by atoms with Crippen molar-refractivity contribution in [3.63, 3.8) is 0 Å². The van der Waals surface area contributed by atoms with Crippen LogP contribution in [0.4, 0.5) is 4.39 Å². The summed E-state index contributed by atoms with van der Waals surface area (Å²) in [7, 11) is 0. The third kappa shape index (κ3) is 3.72. The van der Waals surface area contributed by atoms with Gasteiger partial charge in [0.2, 0.25) is 5.76 Å². The number of hydrogen-bond donors (Lipinski definition) is 0. The highest BCUT2D eigenvalue weighted by Gasteiger charge is 2.42. The molecule has 0 saturated carbocycles. The molecule has 6 nitrogen and oxygen atoms in total. The van der Waals surface area contributed by atoms with Crippen LogP contribution in [0, 0.1) is 12.7 Å². The fourth-order valence-electron chi connectivity index (χ4n) is 4.68. The maximum absolute atomic E-state index is 14.1. The van der Waals surface area contributed by atoms with Gasteiger partial charge in [0.25, 0.3) is 5.91 Å². The number of fused-ring (bicyclic) bond motifs is 2. The molecule has 2 aliphatic rings. The minimum atomic E-state index is -0.668. The van der Waals surface area contributed by atoms with E-state index in [0.29, 0.717) is 41.9 Å². The Bertz CT molecular complexity index is 1230. The number of amides is 1. The number of hydrogen-bond acceptors (Lipinski definition) is 5. The first-order valence-electron chi connectivity index (χ1n) is 11.0. The normalized spacial score (nSPS) is 19.0. The molecule has 1 fully saturated rings. The quantitative estimate of drug-likeness (QED) is 0.613. The van der Waals surface area contributed by atoms with Crippen LogP contribution in [0.2, 0.25) is 0 Å². The monoisotopic (exact) mass is 436 g/mol. The second kappa shape index (κ2) is 8.48. The summed E-state index contributed by atoms with van der Waals surface area (Å²) in [5.74, 6) is -0.666. The fourth-order valence-corrected chi connectivity index (χ4v) is 4.68. The van der Waals surface area contributed by atoms with Gasteiger partial charge in [-0.05, 0) is 43.2 Å². The van der Waals surface area contributed by atoms with E-state index in [0.717, 1.165) is 31.6 Å². The first kappa shape index (κ1) is 20.8. The van der Waals surface area contributed by atoms with Gasteiger partial charge in [0.05, 0.1) is 30.2 Å². The molecule has 0 unspecified atom stereocenters. The van der Waals surface area contributed by atoms with Crippen molar-refractivity contribution < 1.29 is 18.3 Å². The minimum Gasteiger partial charge on any atom is -0.450 e. The fraction of sp³-hybridized carbons (Fsp3) is 0.360. The van der Waals surface area contributed by atoms with Gasteiger partial charge in [0, 0.05) is 26.2 Å². The molecule has 3 heterocycles. The predicted molar refractivity (Wildman–Crippen MR) is 118 cm³/mol. The Morgan fingerprint density at radius 2 is 1.88 bits per heavy atom. The van der Waals surface area contributed by atoms with Gasteiger partial charge in [0.1, 0.15) is 11.4 Å². The Morgan fingerprint density at radius 3 is 2.66 bits per heavy atom. The lowest BCUT2D eigenvalue weighted by atomic mass is 9.98. The summed E-state index contributed by atoms with van der Waals surface area (Å²) in [6.45, 7) is 6.32.